The van der Waals surface area contributed by atoms with Gasteiger partial charge in [0, 0.05) is 12.1 Å². The molecule has 0 aliphatic heterocycles. The van der Waals surface area contributed by atoms with Crippen LogP contribution in [0.3, 0.4) is 0 Å². The molecule has 2 heterocycles. The number of nitrogens with zero attached hydrogens (tertiary/aromatic N) is 4. The van der Waals surface area contributed by atoms with E-state index in [1.54, 1.807) is 0 Å². The molecule has 2 rings (SSSR count). The molecule has 0 saturated carbocycles. The van der Waals surface area contributed by atoms with Crippen LogP contribution in [0, 0.1) is 13.8 Å². The van der Waals surface area contributed by atoms with Crippen molar-refractivity contribution in [2.24, 2.45) is 0 Å². The van der Waals surface area contributed by atoms with Crippen molar-refractivity contribution in [1.82, 2.24) is 25.2 Å². The van der Waals surface area contributed by atoms with E-state index in [-0.39, 0.29) is 18.4 Å². The van der Waals surface area contributed by atoms with Crippen LogP contribution < -0.4 is 5.32 Å². The molecular formula is C14H21N5O2. The van der Waals surface area contributed by atoms with Crippen molar-refractivity contribution in [3.05, 3.63) is 29.2 Å². The fourth-order valence-electron chi connectivity index (χ4n) is 2.26. The van der Waals surface area contributed by atoms with Gasteiger partial charge in [-0.3, -0.25) is 4.79 Å². The fraction of sp³-hybridized carbons (Fsp3) is 0.571. The van der Waals surface area contributed by atoms with Gasteiger partial charge in [-0.1, -0.05) is 12.1 Å². The molecule has 1 amide bonds. The van der Waals surface area contributed by atoms with Crippen LogP contribution in [0.1, 0.15) is 49.2 Å². The Morgan fingerprint density at radius 2 is 2.24 bits per heavy atom. The number of hydrogen-bond donors (Lipinski definition) is 1. The molecular weight excluding hydrogens is 270 g/mol. The predicted octanol–water partition coefficient (Wildman–Crippen LogP) is 1.71. The van der Waals surface area contributed by atoms with Gasteiger partial charge in [0.05, 0.1) is 18.2 Å². The van der Waals surface area contributed by atoms with E-state index in [2.05, 4.69) is 27.5 Å². The zero-order chi connectivity index (χ0) is 15.4. The van der Waals surface area contributed by atoms with Gasteiger partial charge in [-0.05, 0) is 27.2 Å². The van der Waals surface area contributed by atoms with Crippen LogP contribution in [0.4, 0.5) is 0 Å². The van der Waals surface area contributed by atoms with Gasteiger partial charge in [0.2, 0.25) is 5.91 Å². The maximum absolute atomic E-state index is 12.2. The Hall–Kier alpha value is -2.18. The first-order valence-corrected chi connectivity index (χ1v) is 7.11. The molecule has 0 radical (unpaired) electrons. The molecule has 2 aromatic rings. The third-order valence-corrected chi connectivity index (χ3v) is 3.36. The molecule has 0 spiro atoms. The van der Waals surface area contributed by atoms with E-state index in [4.69, 9.17) is 4.52 Å². The van der Waals surface area contributed by atoms with Crippen molar-refractivity contribution in [3.8, 4) is 0 Å². The minimum absolute atomic E-state index is 0.0806. The average Bonchev–Trinajstić information content (AvgIpc) is 3.01. The summed E-state index contributed by atoms with van der Waals surface area (Å²) < 4.78 is 6.89. The highest BCUT2D eigenvalue weighted by Gasteiger charge is 2.18. The lowest BCUT2D eigenvalue weighted by Gasteiger charge is -2.14. The van der Waals surface area contributed by atoms with Gasteiger partial charge in [0.25, 0.3) is 0 Å². The monoisotopic (exact) mass is 291 g/mol. The summed E-state index contributed by atoms with van der Waals surface area (Å²) in [5, 5.41) is 11.0. The first kappa shape index (κ1) is 15.2. The Balaban J connectivity index is 2.00. The van der Waals surface area contributed by atoms with Crippen LogP contribution in [0.2, 0.25) is 0 Å². The number of rotatable bonds is 6. The topological polar surface area (TPSA) is 85.8 Å². The largest absolute Gasteiger partial charge is 0.361 e. The molecule has 21 heavy (non-hydrogen) atoms. The van der Waals surface area contributed by atoms with E-state index in [1.807, 2.05) is 25.5 Å². The predicted molar refractivity (Wildman–Crippen MR) is 76.6 cm³/mol. The highest BCUT2D eigenvalue weighted by Crippen LogP contribution is 2.14. The first-order valence-electron chi connectivity index (χ1n) is 7.11. The van der Waals surface area contributed by atoms with Gasteiger partial charge >= 0.3 is 0 Å². The van der Waals surface area contributed by atoms with Crippen LogP contribution in [0.5, 0.6) is 0 Å². The van der Waals surface area contributed by atoms with Gasteiger partial charge < -0.3 is 9.84 Å². The fourth-order valence-corrected chi connectivity index (χ4v) is 2.26. The van der Waals surface area contributed by atoms with Crippen molar-refractivity contribution < 1.29 is 9.32 Å². The smallest absolute Gasteiger partial charge is 0.225 e. The molecule has 1 atom stereocenters. The summed E-state index contributed by atoms with van der Waals surface area (Å²) in [5.74, 6) is 1.37. The number of carbonyl (C=O) groups excluding carboxylic acids is 1. The summed E-state index contributed by atoms with van der Waals surface area (Å²) in [7, 11) is 0. The van der Waals surface area contributed by atoms with Gasteiger partial charge in [0.1, 0.15) is 17.9 Å². The zero-order valence-electron chi connectivity index (χ0n) is 12.9. The molecule has 0 saturated heterocycles. The third kappa shape index (κ3) is 3.48. The normalized spacial score (nSPS) is 12.4. The maximum Gasteiger partial charge on any atom is 0.225 e. The van der Waals surface area contributed by atoms with E-state index in [0.717, 1.165) is 30.0 Å². The van der Waals surface area contributed by atoms with E-state index in [9.17, 15) is 4.79 Å². The minimum atomic E-state index is -0.188. The Morgan fingerprint density at radius 3 is 2.86 bits per heavy atom. The Labute approximate surface area is 123 Å². The number of amides is 1. The SMILES string of the molecule is CCCn1ncnc1[C@H](C)NC(=O)Cc1c(C)noc1C. The van der Waals surface area contributed by atoms with Gasteiger partial charge in [0.15, 0.2) is 0 Å². The molecule has 0 unspecified atom stereocenters. The molecule has 0 aliphatic rings. The van der Waals surface area contributed by atoms with E-state index < -0.39 is 0 Å². The molecule has 7 nitrogen and oxygen atoms in total. The highest BCUT2D eigenvalue weighted by atomic mass is 16.5. The Morgan fingerprint density at radius 1 is 1.48 bits per heavy atom. The van der Waals surface area contributed by atoms with Crippen LogP contribution in [-0.2, 0) is 17.8 Å². The van der Waals surface area contributed by atoms with Crippen LogP contribution >= 0.6 is 0 Å². The van der Waals surface area contributed by atoms with E-state index >= 15 is 0 Å². The summed E-state index contributed by atoms with van der Waals surface area (Å²) in [6.45, 7) is 8.41. The van der Waals surface area contributed by atoms with Gasteiger partial charge in [-0.15, -0.1) is 0 Å². The molecule has 1 N–H and O–H groups in total. The Kier molecular flexibility index (Phi) is 4.72. The van der Waals surface area contributed by atoms with Crippen molar-refractivity contribution in [2.75, 3.05) is 0 Å². The standard InChI is InChI=1S/C14H21N5O2/c1-5-6-19-14(15-8-16-19)10(3)17-13(20)7-12-9(2)18-21-11(12)4/h8,10H,5-7H2,1-4H3,(H,17,20)/t10-/m0/s1. The van der Waals surface area contributed by atoms with Crippen molar-refractivity contribution in [2.45, 2.75) is 53.1 Å². The second-order valence-electron chi connectivity index (χ2n) is 5.11. The summed E-state index contributed by atoms with van der Waals surface area (Å²) in [6, 6.07) is -0.188. The first-order chi connectivity index (χ1) is 10.0. The summed E-state index contributed by atoms with van der Waals surface area (Å²) in [4.78, 5) is 16.4. The molecule has 0 bridgehead atoms. The van der Waals surface area contributed by atoms with Crippen LogP contribution in [-0.4, -0.2) is 25.8 Å². The minimum Gasteiger partial charge on any atom is -0.361 e. The van der Waals surface area contributed by atoms with Crippen LogP contribution in [0.25, 0.3) is 0 Å². The maximum atomic E-state index is 12.2. The lowest BCUT2D eigenvalue weighted by molar-refractivity contribution is -0.121. The second-order valence-corrected chi connectivity index (χ2v) is 5.11. The van der Waals surface area contributed by atoms with Crippen LogP contribution in [0.15, 0.2) is 10.9 Å². The van der Waals surface area contributed by atoms with E-state index in [1.165, 1.54) is 6.33 Å². The van der Waals surface area contributed by atoms with E-state index in [0.29, 0.717) is 5.76 Å². The number of aromatic nitrogens is 4. The van der Waals surface area contributed by atoms with Gasteiger partial charge in [-0.2, -0.15) is 5.10 Å². The lowest BCUT2D eigenvalue weighted by atomic mass is 10.1. The molecule has 0 aromatic carbocycles. The van der Waals surface area contributed by atoms with Gasteiger partial charge in [-0.25, -0.2) is 9.67 Å². The summed E-state index contributed by atoms with van der Waals surface area (Å²) in [5.41, 5.74) is 1.60. The average molecular weight is 291 g/mol. The summed E-state index contributed by atoms with van der Waals surface area (Å²) >= 11 is 0. The number of aryl methyl sites for hydroxylation is 3. The second kappa shape index (κ2) is 6.51. The highest BCUT2D eigenvalue weighted by molar-refractivity contribution is 5.79. The lowest BCUT2D eigenvalue weighted by Crippen LogP contribution is -2.30. The Bertz CT molecular complexity index is 597. The summed E-state index contributed by atoms with van der Waals surface area (Å²) in [6.07, 6.45) is 2.74. The molecule has 7 heteroatoms. The molecule has 2 aromatic heterocycles. The molecule has 114 valence electrons. The van der Waals surface area contributed by atoms with Crippen molar-refractivity contribution in [1.29, 1.82) is 0 Å². The quantitative estimate of drug-likeness (QED) is 0.875. The third-order valence-electron chi connectivity index (χ3n) is 3.36. The number of nitrogens with one attached hydrogen (secondary N) is 1. The zero-order valence-corrected chi connectivity index (χ0v) is 12.9. The number of hydrogen-bond acceptors (Lipinski definition) is 5. The van der Waals surface area contributed by atoms with Crippen molar-refractivity contribution in [3.63, 3.8) is 0 Å². The van der Waals surface area contributed by atoms with Crippen molar-refractivity contribution >= 4 is 5.91 Å². The molecule has 0 fully saturated rings. The molecule has 0 aliphatic carbocycles. The number of carbonyl (C=O) groups is 1.